The lowest BCUT2D eigenvalue weighted by atomic mass is 9.99. The minimum atomic E-state index is 0.123. The first-order valence-electron chi connectivity index (χ1n) is 7.20. The normalized spacial score (nSPS) is 17.7. The number of para-hydroxylation sites is 1. The van der Waals surface area contributed by atoms with Gasteiger partial charge in [-0.1, -0.05) is 18.2 Å². The Morgan fingerprint density at radius 3 is 2.95 bits per heavy atom. The van der Waals surface area contributed by atoms with Gasteiger partial charge in [-0.15, -0.1) is 0 Å². The van der Waals surface area contributed by atoms with Crippen molar-refractivity contribution in [3.63, 3.8) is 0 Å². The van der Waals surface area contributed by atoms with Crippen LogP contribution in [0.3, 0.4) is 0 Å². The highest BCUT2D eigenvalue weighted by atomic mass is 15.3. The van der Waals surface area contributed by atoms with Crippen molar-refractivity contribution < 1.29 is 0 Å². The van der Waals surface area contributed by atoms with Gasteiger partial charge in [-0.2, -0.15) is 5.10 Å². The molecule has 2 N–H and O–H groups in total. The van der Waals surface area contributed by atoms with E-state index in [1.807, 2.05) is 22.9 Å². The molecule has 0 saturated heterocycles. The predicted molar refractivity (Wildman–Crippen MR) is 80.4 cm³/mol. The van der Waals surface area contributed by atoms with Gasteiger partial charge in [-0.25, -0.2) is 9.67 Å². The number of rotatable bonds is 2. The molecular formula is C16H17N5. The van der Waals surface area contributed by atoms with Gasteiger partial charge in [0, 0.05) is 30.4 Å². The second kappa shape index (κ2) is 4.86. The number of benzene rings is 1. The summed E-state index contributed by atoms with van der Waals surface area (Å²) in [6.07, 6.45) is 4.88. The molecule has 0 saturated carbocycles. The summed E-state index contributed by atoms with van der Waals surface area (Å²) in [6, 6.07) is 10.3. The van der Waals surface area contributed by atoms with Crippen LogP contribution in [0.2, 0.25) is 0 Å². The van der Waals surface area contributed by atoms with Gasteiger partial charge in [0.15, 0.2) is 0 Å². The molecule has 0 aliphatic carbocycles. The minimum absolute atomic E-state index is 0.123. The summed E-state index contributed by atoms with van der Waals surface area (Å²) in [5, 5.41) is 8.20. The maximum absolute atomic E-state index is 4.65. The van der Waals surface area contributed by atoms with E-state index in [2.05, 4.69) is 45.6 Å². The summed E-state index contributed by atoms with van der Waals surface area (Å²) in [4.78, 5) is 7.72. The van der Waals surface area contributed by atoms with E-state index in [4.69, 9.17) is 0 Å². The minimum Gasteiger partial charge on any atom is -0.348 e. The van der Waals surface area contributed by atoms with Crippen molar-refractivity contribution in [3.8, 4) is 5.69 Å². The Kier molecular flexibility index (Phi) is 2.86. The number of aryl methyl sites for hydroxylation is 1. The molecule has 0 radical (unpaired) electrons. The maximum atomic E-state index is 4.65. The van der Waals surface area contributed by atoms with Crippen LogP contribution in [0.25, 0.3) is 5.69 Å². The number of H-pyrrole nitrogens is 1. The maximum Gasteiger partial charge on any atom is 0.0926 e. The summed E-state index contributed by atoms with van der Waals surface area (Å²) in [6.45, 7) is 3.01. The van der Waals surface area contributed by atoms with Gasteiger partial charge in [-0.3, -0.25) is 0 Å². The molecule has 21 heavy (non-hydrogen) atoms. The van der Waals surface area contributed by atoms with Gasteiger partial charge in [0.1, 0.15) is 0 Å². The van der Waals surface area contributed by atoms with Crippen LogP contribution in [0.15, 0.2) is 42.9 Å². The molecule has 0 amide bonds. The van der Waals surface area contributed by atoms with E-state index in [-0.39, 0.29) is 6.04 Å². The van der Waals surface area contributed by atoms with Crippen molar-refractivity contribution in [3.05, 3.63) is 65.5 Å². The monoisotopic (exact) mass is 279 g/mol. The molecule has 0 unspecified atom stereocenters. The van der Waals surface area contributed by atoms with E-state index < -0.39 is 0 Å². The standard InChI is InChI=1S/C16H17N5/c1-11-13(9-21(20-11)12-5-3-2-4-6-12)15-16-14(7-8-17-15)18-10-19-16/h2-6,9-10,15,17H,7-8H2,1H3,(H,18,19)/t15-/m0/s1. The van der Waals surface area contributed by atoms with Crippen molar-refractivity contribution in [1.29, 1.82) is 0 Å². The fourth-order valence-electron chi connectivity index (χ4n) is 2.95. The number of fused-ring (bicyclic) bond motifs is 1. The van der Waals surface area contributed by atoms with Crippen LogP contribution >= 0.6 is 0 Å². The van der Waals surface area contributed by atoms with Crippen molar-refractivity contribution in [2.45, 2.75) is 19.4 Å². The fourth-order valence-corrected chi connectivity index (χ4v) is 2.95. The van der Waals surface area contributed by atoms with Crippen LogP contribution in [0.1, 0.15) is 28.7 Å². The molecule has 106 valence electrons. The van der Waals surface area contributed by atoms with Crippen molar-refractivity contribution in [1.82, 2.24) is 25.1 Å². The largest absolute Gasteiger partial charge is 0.348 e. The molecule has 1 aliphatic heterocycles. The average molecular weight is 279 g/mol. The Labute approximate surface area is 123 Å². The molecule has 0 bridgehead atoms. The lowest BCUT2D eigenvalue weighted by Gasteiger charge is -2.22. The number of nitrogens with one attached hydrogen (secondary N) is 2. The first-order valence-corrected chi connectivity index (χ1v) is 7.20. The Morgan fingerprint density at radius 1 is 1.24 bits per heavy atom. The topological polar surface area (TPSA) is 58.5 Å². The fraction of sp³-hybridized carbons (Fsp3) is 0.250. The first-order chi connectivity index (χ1) is 10.3. The van der Waals surface area contributed by atoms with Gasteiger partial charge in [0.2, 0.25) is 0 Å². The second-order valence-corrected chi connectivity index (χ2v) is 5.35. The van der Waals surface area contributed by atoms with Gasteiger partial charge in [0.25, 0.3) is 0 Å². The molecule has 2 aromatic heterocycles. The molecule has 4 rings (SSSR count). The Balaban J connectivity index is 1.76. The van der Waals surface area contributed by atoms with E-state index in [1.165, 1.54) is 11.3 Å². The lowest BCUT2D eigenvalue weighted by Crippen LogP contribution is -2.30. The van der Waals surface area contributed by atoms with Crippen LogP contribution in [0.4, 0.5) is 0 Å². The van der Waals surface area contributed by atoms with Crippen LogP contribution in [-0.2, 0) is 6.42 Å². The molecule has 0 spiro atoms. The molecule has 5 nitrogen and oxygen atoms in total. The third-order valence-electron chi connectivity index (χ3n) is 4.02. The number of imidazole rings is 1. The number of hydrogen-bond acceptors (Lipinski definition) is 3. The quantitative estimate of drug-likeness (QED) is 0.755. The molecule has 1 atom stereocenters. The van der Waals surface area contributed by atoms with Crippen molar-refractivity contribution in [2.75, 3.05) is 6.54 Å². The van der Waals surface area contributed by atoms with E-state index in [0.717, 1.165) is 30.0 Å². The van der Waals surface area contributed by atoms with Gasteiger partial charge < -0.3 is 10.3 Å². The highest BCUT2D eigenvalue weighted by Crippen LogP contribution is 2.28. The zero-order valence-electron chi connectivity index (χ0n) is 11.9. The number of hydrogen-bond donors (Lipinski definition) is 2. The SMILES string of the molecule is Cc1nn(-c2ccccc2)cc1[C@@H]1NCCc2[nH]cnc21. The molecule has 0 fully saturated rings. The molecule has 1 aromatic carbocycles. The zero-order valence-corrected chi connectivity index (χ0v) is 11.9. The van der Waals surface area contributed by atoms with Crippen LogP contribution < -0.4 is 5.32 Å². The third kappa shape index (κ3) is 2.06. The molecule has 3 aromatic rings. The predicted octanol–water partition coefficient (Wildman–Crippen LogP) is 2.14. The molecule has 5 heteroatoms. The highest BCUT2D eigenvalue weighted by Gasteiger charge is 2.26. The smallest absolute Gasteiger partial charge is 0.0926 e. The van der Waals surface area contributed by atoms with E-state index in [9.17, 15) is 0 Å². The van der Waals surface area contributed by atoms with Crippen molar-refractivity contribution in [2.24, 2.45) is 0 Å². The summed E-state index contributed by atoms with van der Waals surface area (Å²) >= 11 is 0. The summed E-state index contributed by atoms with van der Waals surface area (Å²) < 4.78 is 1.94. The first kappa shape index (κ1) is 12.3. The van der Waals surface area contributed by atoms with Gasteiger partial charge in [-0.05, 0) is 19.1 Å². The zero-order chi connectivity index (χ0) is 14.2. The van der Waals surface area contributed by atoms with Crippen LogP contribution in [-0.4, -0.2) is 26.3 Å². The molecule has 3 heterocycles. The van der Waals surface area contributed by atoms with E-state index in [0.29, 0.717) is 0 Å². The molecular weight excluding hydrogens is 262 g/mol. The number of nitrogens with zero attached hydrogens (tertiary/aromatic N) is 3. The number of aromatic amines is 1. The second-order valence-electron chi connectivity index (χ2n) is 5.35. The summed E-state index contributed by atoms with van der Waals surface area (Å²) in [5.41, 5.74) is 5.62. The van der Waals surface area contributed by atoms with Crippen LogP contribution in [0, 0.1) is 6.92 Å². The average Bonchev–Trinajstić information content (AvgIpc) is 3.14. The van der Waals surface area contributed by atoms with Crippen molar-refractivity contribution >= 4 is 0 Å². The summed E-state index contributed by atoms with van der Waals surface area (Å²) in [5.74, 6) is 0. The lowest BCUT2D eigenvalue weighted by molar-refractivity contribution is 0.551. The van der Waals surface area contributed by atoms with Crippen LogP contribution in [0.5, 0.6) is 0 Å². The Bertz CT molecular complexity index is 756. The number of aromatic nitrogens is 4. The third-order valence-corrected chi connectivity index (χ3v) is 4.02. The van der Waals surface area contributed by atoms with Gasteiger partial charge >= 0.3 is 0 Å². The Hall–Kier alpha value is -2.40. The highest BCUT2D eigenvalue weighted by molar-refractivity contribution is 5.37. The van der Waals surface area contributed by atoms with Gasteiger partial charge in [0.05, 0.1) is 29.4 Å². The molecule has 1 aliphatic rings. The van der Waals surface area contributed by atoms with E-state index in [1.54, 1.807) is 6.33 Å². The summed E-state index contributed by atoms with van der Waals surface area (Å²) in [7, 11) is 0. The Morgan fingerprint density at radius 2 is 2.10 bits per heavy atom. The van der Waals surface area contributed by atoms with E-state index >= 15 is 0 Å².